The van der Waals surface area contributed by atoms with Gasteiger partial charge in [0, 0.05) is 0 Å². The number of rotatable bonds is 0. The largest absolute Gasteiger partial charge is 0.0622 e. The van der Waals surface area contributed by atoms with Gasteiger partial charge in [-0.05, 0) is 22.3 Å². The van der Waals surface area contributed by atoms with E-state index in [0.717, 1.165) is 0 Å². The summed E-state index contributed by atoms with van der Waals surface area (Å²) in [6.45, 7) is 0. The Hall–Kier alpha value is -2.60. The molecule has 4 rings (SSSR count). The van der Waals surface area contributed by atoms with Crippen LogP contribution in [0.15, 0.2) is 97.1 Å². The van der Waals surface area contributed by atoms with Gasteiger partial charge in [-0.3, -0.25) is 0 Å². The summed E-state index contributed by atoms with van der Waals surface area (Å²) in [6, 6.07) is 33.4. The van der Waals surface area contributed by atoms with Gasteiger partial charge in [0.25, 0.3) is 0 Å². The molecule has 0 aromatic carbocycles. The Labute approximate surface area is 120 Å². The fourth-order valence-electron chi connectivity index (χ4n) is 2.27. The summed E-state index contributed by atoms with van der Waals surface area (Å²) in [5, 5.41) is 0. The third-order valence-electron chi connectivity index (χ3n) is 3.32. The molecular weight excluding hydrogens is 240 g/mol. The highest BCUT2D eigenvalue weighted by Crippen LogP contribution is 2.20. The van der Waals surface area contributed by atoms with Crippen LogP contribution < -0.4 is 0 Å². The average Bonchev–Trinajstić information content (AvgIpc) is 2.98. The molecule has 0 bridgehead atoms. The van der Waals surface area contributed by atoms with Crippen molar-refractivity contribution in [1.29, 1.82) is 0 Å². The molecule has 0 radical (unpaired) electrons. The van der Waals surface area contributed by atoms with Gasteiger partial charge in [0.1, 0.15) is 0 Å². The summed E-state index contributed by atoms with van der Waals surface area (Å²) in [6.07, 6.45) is 0. The highest BCUT2D eigenvalue weighted by atomic mass is 14.0. The van der Waals surface area contributed by atoms with Gasteiger partial charge in [-0.2, -0.15) is 0 Å². The Morgan fingerprint density at radius 2 is 0.500 bits per heavy atom. The monoisotopic (exact) mass is 256 g/mol. The topological polar surface area (TPSA) is 0 Å². The van der Waals surface area contributed by atoms with Gasteiger partial charge >= 0.3 is 0 Å². The minimum Gasteiger partial charge on any atom is -0.0622 e. The van der Waals surface area contributed by atoms with Crippen molar-refractivity contribution in [3.63, 3.8) is 0 Å². The van der Waals surface area contributed by atoms with Crippen molar-refractivity contribution in [2.45, 2.75) is 0 Å². The number of hydrogen-bond acceptors (Lipinski definition) is 0. The van der Waals surface area contributed by atoms with Gasteiger partial charge in [0.2, 0.25) is 0 Å². The van der Waals surface area contributed by atoms with Gasteiger partial charge in [0.05, 0.1) is 0 Å². The van der Waals surface area contributed by atoms with E-state index in [1.807, 2.05) is 12.1 Å². The second-order valence-corrected chi connectivity index (χ2v) is 4.69. The van der Waals surface area contributed by atoms with Crippen molar-refractivity contribution in [2.75, 3.05) is 0 Å². The van der Waals surface area contributed by atoms with Crippen LogP contribution in [0.3, 0.4) is 0 Å². The fourth-order valence-corrected chi connectivity index (χ4v) is 2.27. The zero-order chi connectivity index (χ0) is 13.6. The molecule has 0 atom stereocenters. The van der Waals surface area contributed by atoms with E-state index in [-0.39, 0.29) is 0 Å². The molecule has 0 aromatic rings. The second-order valence-electron chi connectivity index (χ2n) is 4.69. The van der Waals surface area contributed by atoms with E-state index >= 15 is 0 Å². The lowest BCUT2D eigenvalue weighted by atomic mass is 10.2. The average molecular weight is 256 g/mol. The highest BCUT2D eigenvalue weighted by Gasteiger charge is 1.95. The lowest BCUT2D eigenvalue weighted by Gasteiger charge is -1.85. The van der Waals surface area contributed by atoms with Crippen LogP contribution >= 0.6 is 0 Å². The molecule has 0 saturated carbocycles. The van der Waals surface area contributed by atoms with Crippen LogP contribution in [0.5, 0.6) is 0 Å². The zero-order valence-corrected chi connectivity index (χ0v) is 11.2. The summed E-state index contributed by atoms with van der Waals surface area (Å²) < 4.78 is 0. The first-order valence-corrected chi connectivity index (χ1v) is 6.81. The Bertz CT molecular complexity index is 606. The van der Waals surface area contributed by atoms with Crippen LogP contribution in [-0.4, -0.2) is 0 Å². The van der Waals surface area contributed by atoms with Gasteiger partial charge in [-0.25, -0.2) is 0 Å². The Morgan fingerprint density at radius 1 is 0.250 bits per heavy atom. The lowest BCUT2D eigenvalue weighted by molar-refractivity contribution is 1.84. The minimum atomic E-state index is 1.31. The smallest absolute Gasteiger partial charge is 0.0184 e. The van der Waals surface area contributed by atoms with E-state index in [1.54, 1.807) is 0 Å². The van der Waals surface area contributed by atoms with Crippen LogP contribution in [0, 0.1) is 0 Å². The molecule has 0 heteroatoms. The van der Waals surface area contributed by atoms with Crippen LogP contribution in [0.4, 0.5) is 0 Å². The molecule has 0 nitrogen and oxygen atoms in total. The highest BCUT2D eigenvalue weighted by molar-refractivity contribution is 5.65. The van der Waals surface area contributed by atoms with E-state index in [1.165, 1.54) is 22.3 Å². The van der Waals surface area contributed by atoms with Crippen molar-refractivity contribution in [3.05, 3.63) is 97.1 Å². The first-order valence-electron chi connectivity index (χ1n) is 6.81. The summed E-state index contributed by atoms with van der Waals surface area (Å²) in [4.78, 5) is 0. The first kappa shape index (κ1) is 12.4. The molecule has 96 valence electrons. The maximum Gasteiger partial charge on any atom is -0.0184 e. The Kier molecular flexibility index (Phi) is 3.75. The predicted octanol–water partition coefficient (Wildman–Crippen LogP) is 5.58. The molecule has 0 amide bonds. The quantitative estimate of drug-likeness (QED) is 0.385. The van der Waals surface area contributed by atoms with Crippen LogP contribution in [0.25, 0.3) is 22.3 Å². The van der Waals surface area contributed by atoms with E-state index < -0.39 is 0 Å². The Morgan fingerprint density at radius 3 is 0.800 bits per heavy atom. The van der Waals surface area contributed by atoms with Crippen molar-refractivity contribution in [1.82, 2.24) is 0 Å². The summed E-state index contributed by atoms with van der Waals surface area (Å²) >= 11 is 0. The first-order chi connectivity index (χ1) is 9.93. The van der Waals surface area contributed by atoms with E-state index in [4.69, 9.17) is 0 Å². The van der Waals surface area contributed by atoms with Gasteiger partial charge in [0.15, 0.2) is 0 Å². The molecular formula is C20H16. The van der Waals surface area contributed by atoms with E-state index in [9.17, 15) is 0 Å². The predicted molar refractivity (Wildman–Crippen MR) is 86.1 cm³/mol. The summed E-state index contributed by atoms with van der Waals surface area (Å²) in [5.74, 6) is 0. The standard InChI is InChI=1S/2C10H8/c2*1-2-5-9-7-4-8-10(9)6-3-1/h2*1-8H. The fraction of sp³-hybridized carbons (Fsp3) is 0. The van der Waals surface area contributed by atoms with Gasteiger partial charge in [-0.1, -0.05) is 97.1 Å². The number of fused-ring (bicyclic) bond motifs is 2. The molecule has 0 N–H and O–H groups in total. The molecule has 0 heterocycles. The Balaban J connectivity index is 0.000000121. The maximum absolute atomic E-state index is 2.12. The van der Waals surface area contributed by atoms with Crippen LogP contribution in [-0.2, 0) is 0 Å². The summed E-state index contributed by atoms with van der Waals surface area (Å²) in [5.41, 5.74) is 5.24. The maximum atomic E-state index is 2.12. The third kappa shape index (κ3) is 2.86. The van der Waals surface area contributed by atoms with Crippen molar-refractivity contribution < 1.29 is 0 Å². The molecule has 20 heavy (non-hydrogen) atoms. The molecule has 0 aliphatic heterocycles. The molecule has 0 unspecified atom stereocenters. The molecule has 0 aromatic heterocycles. The second kappa shape index (κ2) is 6.03. The summed E-state index contributed by atoms with van der Waals surface area (Å²) in [7, 11) is 0. The van der Waals surface area contributed by atoms with Crippen molar-refractivity contribution >= 4 is 0 Å². The van der Waals surface area contributed by atoms with Crippen LogP contribution in [0.2, 0.25) is 0 Å². The number of hydrogen-bond donors (Lipinski definition) is 0. The third-order valence-corrected chi connectivity index (χ3v) is 3.32. The molecule has 0 fully saturated rings. The molecule has 0 saturated heterocycles. The van der Waals surface area contributed by atoms with E-state index in [2.05, 4.69) is 84.9 Å². The van der Waals surface area contributed by atoms with Gasteiger partial charge in [-0.15, -0.1) is 0 Å². The van der Waals surface area contributed by atoms with Crippen LogP contribution in [0.1, 0.15) is 0 Å². The zero-order valence-electron chi connectivity index (χ0n) is 11.2. The SMILES string of the molecule is c1ccc2cccc-2cc1.c1ccc2cccc-2cc1. The normalized spacial score (nSPS) is 10.0. The van der Waals surface area contributed by atoms with Gasteiger partial charge < -0.3 is 0 Å². The van der Waals surface area contributed by atoms with Crippen molar-refractivity contribution in [3.8, 4) is 22.3 Å². The van der Waals surface area contributed by atoms with Crippen molar-refractivity contribution in [2.24, 2.45) is 0 Å². The van der Waals surface area contributed by atoms with E-state index in [0.29, 0.717) is 0 Å². The minimum absolute atomic E-state index is 1.31. The lowest BCUT2D eigenvalue weighted by Crippen LogP contribution is -1.59. The molecule has 4 aliphatic rings. The molecule has 4 aliphatic carbocycles. The molecule has 0 spiro atoms.